The van der Waals surface area contributed by atoms with E-state index in [1.165, 1.54) is 0 Å². The maximum Gasteiger partial charge on any atom is 0.223 e. The van der Waals surface area contributed by atoms with Crippen LogP contribution in [0, 0.1) is 0 Å². The van der Waals surface area contributed by atoms with E-state index in [1.807, 2.05) is 121 Å². The summed E-state index contributed by atoms with van der Waals surface area (Å²) >= 11 is 8.11. The summed E-state index contributed by atoms with van der Waals surface area (Å²) in [5.41, 5.74) is 9.03. The predicted molar refractivity (Wildman–Crippen MR) is 202 cm³/mol. The fourth-order valence-electron chi connectivity index (χ4n) is 5.95. The second kappa shape index (κ2) is 12.7. The molecule has 4 aromatic carbocycles. The molecular formula is C41H24ClN7S. The molecule has 236 valence electrons. The van der Waals surface area contributed by atoms with Crippen LogP contribution in [0.3, 0.4) is 0 Å². The number of hydrogen-bond acceptors (Lipinski definition) is 8. The smallest absolute Gasteiger partial charge is 0.223 e. The number of pyridine rings is 2. The van der Waals surface area contributed by atoms with Crippen LogP contribution >= 0.6 is 22.9 Å². The van der Waals surface area contributed by atoms with Crippen molar-refractivity contribution in [3.05, 3.63) is 151 Å². The molecule has 0 aliphatic carbocycles. The second-order valence-electron chi connectivity index (χ2n) is 11.6. The van der Waals surface area contributed by atoms with Crippen LogP contribution in [-0.4, -0.2) is 34.9 Å². The lowest BCUT2D eigenvalue weighted by Crippen LogP contribution is -2.00. The van der Waals surface area contributed by atoms with Crippen LogP contribution in [0.1, 0.15) is 0 Å². The highest BCUT2D eigenvalue weighted by molar-refractivity contribution is 7.26. The number of nitrogens with zero attached hydrogens (tertiary/aromatic N) is 7. The molecule has 0 saturated heterocycles. The molecule has 0 amide bonds. The minimum Gasteiger partial charge on any atom is -0.256 e. The molecule has 9 rings (SSSR count). The van der Waals surface area contributed by atoms with Crippen molar-refractivity contribution < 1.29 is 0 Å². The van der Waals surface area contributed by atoms with Crippen LogP contribution in [0.25, 0.3) is 88.2 Å². The zero-order valence-electron chi connectivity index (χ0n) is 26.3. The summed E-state index contributed by atoms with van der Waals surface area (Å²) in [4.78, 5) is 33.1. The third-order valence-corrected chi connectivity index (χ3v) is 9.79. The van der Waals surface area contributed by atoms with E-state index in [0.29, 0.717) is 17.5 Å². The van der Waals surface area contributed by atoms with Crippen molar-refractivity contribution in [2.24, 2.45) is 0 Å². The first-order valence-electron chi connectivity index (χ1n) is 15.9. The number of aromatic nitrogens is 7. The summed E-state index contributed by atoms with van der Waals surface area (Å²) in [5, 5.41) is 1.29. The Morgan fingerprint density at radius 1 is 0.420 bits per heavy atom. The van der Waals surface area contributed by atoms with Gasteiger partial charge in [-0.15, -0.1) is 11.3 Å². The van der Waals surface area contributed by atoms with Crippen LogP contribution < -0.4 is 0 Å². The minimum atomic E-state index is 0.218. The van der Waals surface area contributed by atoms with Crippen LogP contribution in [0.2, 0.25) is 5.28 Å². The topological polar surface area (TPSA) is 90.2 Å². The Morgan fingerprint density at radius 3 is 1.38 bits per heavy atom. The summed E-state index contributed by atoms with van der Waals surface area (Å²) in [6, 6.07) is 44.3. The van der Waals surface area contributed by atoms with Crippen LogP contribution in [0.4, 0.5) is 0 Å². The van der Waals surface area contributed by atoms with E-state index < -0.39 is 0 Å². The van der Waals surface area contributed by atoms with Gasteiger partial charge in [-0.3, -0.25) is 9.97 Å². The van der Waals surface area contributed by atoms with E-state index in [0.717, 1.165) is 70.8 Å². The van der Waals surface area contributed by atoms with Crippen LogP contribution in [-0.2, 0) is 0 Å². The molecule has 7 nitrogen and oxygen atoms in total. The second-order valence-corrected chi connectivity index (χ2v) is 13.0. The van der Waals surface area contributed by atoms with Gasteiger partial charge in [0, 0.05) is 55.9 Å². The molecule has 0 unspecified atom stereocenters. The fourth-order valence-corrected chi connectivity index (χ4v) is 7.27. The Hall–Kier alpha value is -6.22. The summed E-state index contributed by atoms with van der Waals surface area (Å²) in [7, 11) is 0. The molecule has 0 fully saturated rings. The molecule has 50 heavy (non-hydrogen) atoms. The average Bonchev–Trinajstić information content (AvgIpc) is 3.57. The third kappa shape index (κ3) is 5.66. The van der Waals surface area contributed by atoms with Crippen molar-refractivity contribution in [3.63, 3.8) is 0 Å². The van der Waals surface area contributed by atoms with E-state index in [9.17, 15) is 0 Å². The van der Waals surface area contributed by atoms with E-state index >= 15 is 0 Å². The number of benzene rings is 4. The number of fused-ring (bicyclic) bond motifs is 3. The van der Waals surface area contributed by atoms with Gasteiger partial charge in [0.05, 0.1) is 27.3 Å². The van der Waals surface area contributed by atoms with Gasteiger partial charge in [-0.2, -0.15) is 0 Å². The van der Waals surface area contributed by atoms with Gasteiger partial charge in [0.25, 0.3) is 0 Å². The van der Waals surface area contributed by atoms with Crippen LogP contribution in [0.15, 0.2) is 146 Å². The van der Waals surface area contributed by atoms with Gasteiger partial charge in [0.2, 0.25) is 5.28 Å². The Bertz CT molecular complexity index is 2530. The SMILES string of the molecule is Clc1nc(-c2ccc(-c3nc(-c4ccc(-c5ccccn5)cc4)nc(-c4ccc(-c5ccccn5)cc4)n3)cc2)c2sc3ccccc3c2n1. The molecular weight excluding hydrogens is 658 g/mol. The molecule has 0 bridgehead atoms. The van der Waals surface area contributed by atoms with E-state index in [1.54, 1.807) is 23.7 Å². The quantitative estimate of drug-likeness (QED) is 0.161. The number of thiophene rings is 1. The predicted octanol–water partition coefficient (Wildman–Crippen LogP) is 10.5. The van der Waals surface area contributed by atoms with Gasteiger partial charge in [-0.05, 0) is 41.9 Å². The first-order valence-corrected chi connectivity index (χ1v) is 17.1. The molecule has 5 heterocycles. The number of rotatable bonds is 6. The molecule has 0 spiro atoms. The highest BCUT2D eigenvalue weighted by Crippen LogP contribution is 2.39. The lowest BCUT2D eigenvalue weighted by molar-refractivity contribution is 1.07. The Labute approximate surface area is 296 Å². The summed E-state index contributed by atoms with van der Waals surface area (Å²) in [6.07, 6.45) is 3.59. The molecule has 0 radical (unpaired) electrons. The Morgan fingerprint density at radius 2 is 0.880 bits per heavy atom. The van der Waals surface area contributed by atoms with Crippen molar-refractivity contribution in [2.75, 3.05) is 0 Å². The normalized spacial score (nSPS) is 11.3. The van der Waals surface area contributed by atoms with Gasteiger partial charge in [0.1, 0.15) is 0 Å². The standard InChI is InChI=1S/C41H24ClN7S/c42-41-45-35(37-36(46-41)31-7-1-2-10-34(31)50-37)27-15-21-30(22-16-27)40-48-38(28-17-11-25(12-18-28)32-8-3-5-23-43-32)47-39(49-40)29-19-13-26(14-20-29)33-9-4-6-24-44-33/h1-24H. The maximum atomic E-state index is 6.45. The highest BCUT2D eigenvalue weighted by Gasteiger charge is 2.17. The monoisotopic (exact) mass is 681 g/mol. The molecule has 9 aromatic rings. The van der Waals surface area contributed by atoms with Crippen LogP contribution in [0.5, 0.6) is 0 Å². The molecule has 5 aromatic heterocycles. The summed E-state index contributed by atoms with van der Waals surface area (Å²) in [6.45, 7) is 0. The van der Waals surface area contributed by atoms with Gasteiger partial charge in [0.15, 0.2) is 17.5 Å². The Kier molecular flexibility index (Phi) is 7.57. The van der Waals surface area contributed by atoms with Crippen molar-refractivity contribution >= 4 is 43.2 Å². The molecule has 0 aliphatic heterocycles. The lowest BCUT2D eigenvalue weighted by Gasteiger charge is -2.10. The minimum absolute atomic E-state index is 0.218. The van der Waals surface area contributed by atoms with Crippen molar-refractivity contribution in [2.45, 2.75) is 0 Å². The first-order chi connectivity index (χ1) is 24.7. The van der Waals surface area contributed by atoms with Gasteiger partial charge < -0.3 is 0 Å². The largest absolute Gasteiger partial charge is 0.256 e. The van der Waals surface area contributed by atoms with E-state index in [-0.39, 0.29) is 5.28 Å². The lowest BCUT2D eigenvalue weighted by atomic mass is 10.1. The summed E-state index contributed by atoms with van der Waals surface area (Å²) in [5.74, 6) is 1.71. The first kappa shape index (κ1) is 29.9. The van der Waals surface area contributed by atoms with Gasteiger partial charge in [-0.1, -0.05) is 103 Å². The summed E-state index contributed by atoms with van der Waals surface area (Å²) < 4.78 is 2.14. The third-order valence-electron chi connectivity index (χ3n) is 8.45. The molecule has 9 heteroatoms. The van der Waals surface area contributed by atoms with E-state index in [4.69, 9.17) is 26.6 Å². The number of halogens is 1. The fraction of sp³-hybridized carbons (Fsp3) is 0. The van der Waals surface area contributed by atoms with Crippen molar-refractivity contribution in [3.8, 4) is 67.9 Å². The zero-order chi connectivity index (χ0) is 33.4. The molecule has 0 saturated carbocycles. The molecule has 0 atom stereocenters. The van der Waals surface area contributed by atoms with Gasteiger partial charge in [-0.25, -0.2) is 24.9 Å². The molecule has 0 N–H and O–H groups in total. The maximum absolute atomic E-state index is 6.45. The highest BCUT2D eigenvalue weighted by atomic mass is 35.5. The number of hydrogen-bond donors (Lipinski definition) is 0. The van der Waals surface area contributed by atoms with Gasteiger partial charge >= 0.3 is 0 Å². The molecule has 0 aliphatic rings. The van der Waals surface area contributed by atoms with E-state index in [2.05, 4.69) is 32.1 Å². The van der Waals surface area contributed by atoms with Crippen molar-refractivity contribution in [1.82, 2.24) is 34.9 Å². The zero-order valence-corrected chi connectivity index (χ0v) is 27.8. The average molecular weight is 682 g/mol. The van der Waals surface area contributed by atoms with Crippen molar-refractivity contribution in [1.29, 1.82) is 0 Å². The Balaban J connectivity index is 1.12.